The summed E-state index contributed by atoms with van der Waals surface area (Å²) in [7, 11) is 0. The average molecular weight is 270 g/mol. The molecule has 0 aromatic carbocycles. The highest BCUT2D eigenvalue weighted by atomic mass is 16.5. The first-order valence-corrected chi connectivity index (χ1v) is 6.99. The third-order valence-corrected chi connectivity index (χ3v) is 4.27. The molecule has 0 saturated carbocycles. The Morgan fingerprint density at radius 3 is 2.68 bits per heavy atom. The Kier molecular flexibility index (Phi) is 4.29. The molecule has 2 rings (SSSR count). The van der Waals surface area contributed by atoms with Crippen molar-refractivity contribution in [2.75, 3.05) is 19.8 Å². The van der Waals surface area contributed by atoms with Crippen molar-refractivity contribution in [3.63, 3.8) is 0 Å². The molecular formula is C13H22N2O4. The van der Waals surface area contributed by atoms with Crippen molar-refractivity contribution >= 4 is 12.0 Å². The van der Waals surface area contributed by atoms with Crippen LogP contribution < -0.4 is 5.32 Å². The molecule has 2 saturated heterocycles. The van der Waals surface area contributed by atoms with Gasteiger partial charge < -0.3 is 20.1 Å². The summed E-state index contributed by atoms with van der Waals surface area (Å²) in [5.74, 6) is -0.894. The predicted octanol–water partition coefficient (Wildman–Crippen LogP) is 1.20. The van der Waals surface area contributed by atoms with Gasteiger partial charge in [-0.15, -0.1) is 0 Å². The van der Waals surface area contributed by atoms with Crippen LogP contribution in [0, 0.1) is 0 Å². The second-order valence-electron chi connectivity index (χ2n) is 5.28. The number of likely N-dealkylation sites (tertiary alicyclic amines) is 1. The highest BCUT2D eigenvalue weighted by Gasteiger charge is 2.48. The van der Waals surface area contributed by atoms with Crippen LogP contribution in [-0.4, -0.2) is 53.3 Å². The third kappa shape index (κ3) is 2.68. The van der Waals surface area contributed by atoms with Crippen LogP contribution in [0.15, 0.2) is 0 Å². The SMILES string of the molecule is CCC1(C(=O)O)CCCN1C(=O)NC1CCOCC1. The number of nitrogens with zero attached hydrogens (tertiary/aromatic N) is 1. The summed E-state index contributed by atoms with van der Waals surface area (Å²) in [6.07, 6.45) is 3.34. The monoisotopic (exact) mass is 270 g/mol. The van der Waals surface area contributed by atoms with E-state index in [0.717, 1.165) is 19.3 Å². The molecule has 0 bridgehead atoms. The number of aliphatic carboxylic acids is 1. The molecule has 2 heterocycles. The Morgan fingerprint density at radius 1 is 1.42 bits per heavy atom. The summed E-state index contributed by atoms with van der Waals surface area (Å²) < 4.78 is 5.25. The first-order valence-electron chi connectivity index (χ1n) is 6.99. The number of hydrogen-bond donors (Lipinski definition) is 2. The van der Waals surface area contributed by atoms with E-state index in [1.165, 1.54) is 4.90 Å². The number of amides is 2. The lowest BCUT2D eigenvalue weighted by atomic mass is 9.93. The standard InChI is InChI=1S/C13H22N2O4/c1-2-13(11(16)17)6-3-7-15(13)12(18)14-10-4-8-19-9-5-10/h10H,2-9H2,1H3,(H,14,18)(H,16,17). The van der Waals surface area contributed by atoms with E-state index < -0.39 is 11.5 Å². The summed E-state index contributed by atoms with van der Waals surface area (Å²) in [6.45, 7) is 3.66. The van der Waals surface area contributed by atoms with E-state index >= 15 is 0 Å². The maximum absolute atomic E-state index is 12.3. The molecular weight excluding hydrogens is 248 g/mol. The van der Waals surface area contributed by atoms with Crippen LogP contribution >= 0.6 is 0 Å². The third-order valence-electron chi connectivity index (χ3n) is 4.27. The van der Waals surface area contributed by atoms with Crippen molar-refractivity contribution < 1.29 is 19.4 Å². The maximum atomic E-state index is 12.3. The Morgan fingerprint density at radius 2 is 2.11 bits per heavy atom. The van der Waals surface area contributed by atoms with E-state index in [2.05, 4.69) is 5.32 Å². The molecule has 19 heavy (non-hydrogen) atoms. The average Bonchev–Trinajstić information content (AvgIpc) is 2.85. The first kappa shape index (κ1) is 14.1. The van der Waals surface area contributed by atoms with Gasteiger partial charge in [0.25, 0.3) is 0 Å². The fraction of sp³-hybridized carbons (Fsp3) is 0.846. The van der Waals surface area contributed by atoms with E-state index in [9.17, 15) is 14.7 Å². The maximum Gasteiger partial charge on any atom is 0.329 e. The highest BCUT2D eigenvalue weighted by molar-refractivity contribution is 5.87. The number of carboxylic acids is 1. The smallest absolute Gasteiger partial charge is 0.329 e. The zero-order valence-electron chi connectivity index (χ0n) is 11.4. The minimum absolute atomic E-state index is 0.102. The number of carbonyl (C=O) groups is 2. The largest absolute Gasteiger partial charge is 0.479 e. The summed E-state index contributed by atoms with van der Waals surface area (Å²) in [5, 5.41) is 12.4. The van der Waals surface area contributed by atoms with Crippen LogP contribution in [0.25, 0.3) is 0 Å². The number of carboxylic acid groups (broad SMARTS) is 1. The molecule has 0 spiro atoms. The lowest BCUT2D eigenvalue weighted by molar-refractivity contribution is -0.148. The van der Waals surface area contributed by atoms with Crippen molar-refractivity contribution in [2.24, 2.45) is 0 Å². The molecule has 2 fully saturated rings. The summed E-state index contributed by atoms with van der Waals surface area (Å²) in [4.78, 5) is 25.3. The normalized spacial score (nSPS) is 28.4. The lowest BCUT2D eigenvalue weighted by Crippen LogP contribution is -2.57. The number of rotatable bonds is 3. The minimum atomic E-state index is -1.02. The van der Waals surface area contributed by atoms with Gasteiger partial charge in [-0.05, 0) is 32.1 Å². The van der Waals surface area contributed by atoms with Gasteiger partial charge in [-0.1, -0.05) is 6.92 Å². The van der Waals surface area contributed by atoms with Crippen LogP contribution in [0.3, 0.4) is 0 Å². The summed E-state index contributed by atoms with van der Waals surface area (Å²) in [5.41, 5.74) is -1.02. The van der Waals surface area contributed by atoms with Crippen LogP contribution in [0.4, 0.5) is 4.79 Å². The number of ether oxygens (including phenoxy) is 1. The van der Waals surface area contributed by atoms with E-state index in [-0.39, 0.29) is 12.1 Å². The van der Waals surface area contributed by atoms with E-state index in [4.69, 9.17) is 4.74 Å². The molecule has 2 amide bonds. The van der Waals surface area contributed by atoms with Crippen molar-refractivity contribution in [3.05, 3.63) is 0 Å². The molecule has 1 atom stereocenters. The van der Waals surface area contributed by atoms with Crippen molar-refractivity contribution in [1.29, 1.82) is 0 Å². The summed E-state index contributed by atoms with van der Waals surface area (Å²) in [6, 6.07) is -0.140. The number of nitrogens with one attached hydrogen (secondary N) is 1. The molecule has 0 aromatic rings. The molecule has 6 nitrogen and oxygen atoms in total. The fourth-order valence-corrected chi connectivity index (χ4v) is 3.01. The van der Waals surface area contributed by atoms with E-state index in [1.54, 1.807) is 0 Å². The Bertz CT molecular complexity index is 355. The highest BCUT2D eigenvalue weighted by Crippen LogP contribution is 2.32. The number of hydrogen-bond acceptors (Lipinski definition) is 3. The van der Waals surface area contributed by atoms with Crippen molar-refractivity contribution in [3.8, 4) is 0 Å². The topological polar surface area (TPSA) is 78.9 Å². The Hall–Kier alpha value is -1.30. The van der Waals surface area contributed by atoms with Gasteiger partial charge in [-0.3, -0.25) is 0 Å². The molecule has 0 aliphatic carbocycles. The van der Waals surface area contributed by atoms with E-state index in [1.807, 2.05) is 6.92 Å². The molecule has 6 heteroatoms. The van der Waals surface area contributed by atoms with Crippen molar-refractivity contribution in [2.45, 2.75) is 50.6 Å². The molecule has 2 aliphatic heterocycles. The van der Waals surface area contributed by atoms with Gasteiger partial charge in [0.15, 0.2) is 0 Å². The molecule has 0 aromatic heterocycles. The summed E-state index contributed by atoms with van der Waals surface area (Å²) >= 11 is 0. The zero-order chi connectivity index (χ0) is 13.9. The van der Waals surface area contributed by atoms with Crippen LogP contribution in [0.1, 0.15) is 39.0 Å². The molecule has 1 unspecified atom stereocenters. The Labute approximate surface area is 113 Å². The van der Waals surface area contributed by atoms with Crippen LogP contribution in [0.5, 0.6) is 0 Å². The fourth-order valence-electron chi connectivity index (χ4n) is 3.01. The van der Waals surface area contributed by atoms with Crippen LogP contribution in [-0.2, 0) is 9.53 Å². The van der Waals surface area contributed by atoms with E-state index in [0.29, 0.717) is 32.6 Å². The molecule has 2 aliphatic rings. The molecule has 108 valence electrons. The Balaban J connectivity index is 2.02. The van der Waals surface area contributed by atoms with Gasteiger partial charge in [0.2, 0.25) is 0 Å². The second-order valence-corrected chi connectivity index (χ2v) is 5.28. The lowest BCUT2D eigenvalue weighted by Gasteiger charge is -2.35. The van der Waals surface area contributed by atoms with Gasteiger partial charge in [-0.25, -0.2) is 9.59 Å². The van der Waals surface area contributed by atoms with Crippen LogP contribution in [0.2, 0.25) is 0 Å². The first-order chi connectivity index (χ1) is 9.10. The van der Waals surface area contributed by atoms with Gasteiger partial charge >= 0.3 is 12.0 Å². The predicted molar refractivity (Wildman–Crippen MR) is 69.0 cm³/mol. The number of urea groups is 1. The molecule has 0 radical (unpaired) electrons. The van der Waals surface area contributed by atoms with Gasteiger partial charge in [0, 0.05) is 25.8 Å². The van der Waals surface area contributed by atoms with Gasteiger partial charge in [0.1, 0.15) is 5.54 Å². The van der Waals surface area contributed by atoms with Crippen molar-refractivity contribution in [1.82, 2.24) is 10.2 Å². The second kappa shape index (κ2) is 5.77. The van der Waals surface area contributed by atoms with Gasteiger partial charge in [-0.2, -0.15) is 0 Å². The number of carbonyl (C=O) groups excluding carboxylic acids is 1. The molecule has 2 N–H and O–H groups in total. The van der Waals surface area contributed by atoms with Gasteiger partial charge in [0.05, 0.1) is 0 Å². The quantitative estimate of drug-likeness (QED) is 0.807. The zero-order valence-corrected chi connectivity index (χ0v) is 11.4. The minimum Gasteiger partial charge on any atom is -0.479 e.